The Bertz CT molecular complexity index is 897. The molecule has 0 aromatic heterocycles. The minimum absolute atomic E-state index is 0.0337. The molecular weight excluding hydrogens is 340 g/mol. The van der Waals surface area contributed by atoms with Gasteiger partial charge in [-0.2, -0.15) is 0 Å². The van der Waals surface area contributed by atoms with Gasteiger partial charge in [0.15, 0.2) is 10.9 Å². The molecule has 3 rings (SSSR count). The summed E-state index contributed by atoms with van der Waals surface area (Å²) in [5.41, 5.74) is 3.38. The Morgan fingerprint density at radius 3 is 2.54 bits per heavy atom. The third-order valence-corrected chi connectivity index (χ3v) is 4.45. The van der Waals surface area contributed by atoms with Crippen LogP contribution in [0.4, 0.5) is 5.69 Å². The van der Waals surface area contributed by atoms with E-state index in [1.54, 1.807) is 6.08 Å². The third kappa shape index (κ3) is 4.09. The molecule has 0 atom stereocenters. The Balaban J connectivity index is 1.86. The van der Waals surface area contributed by atoms with Crippen LogP contribution in [-0.2, 0) is 0 Å². The lowest BCUT2D eigenvalue weighted by Gasteiger charge is -2.38. The summed E-state index contributed by atoms with van der Waals surface area (Å²) in [7, 11) is 0. The van der Waals surface area contributed by atoms with Crippen molar-refractivity contribution in [1.29, 1.82) is 0 Å². The number of anilines is 1. The van der Waals surface area contributed by atoms with Crippen LogP contribution in [0, 0.1) is 0 Å². The van der Waals surface area contributed by atoms with Crippen molar-refractivity contribution in [2.75, 3.05) is 4.90 Å². The SMILES string of the molecule is CC1=CC(C)(C)NC(=S)N1c1cccc(C(=O)/C=C/c2ccccc2)c1. The fourth-order valence-corrected chi connectivity index (χ4v) is 3.58. The van der Waals surface area contributed by atoms with Crippen molar-refractivity contribution in [1.82, 2.24) is 5.32 Å². The van der Waals surface area contributed by atoms with Gasteiger partial charge in [0, 0.05) is 16.9 Å². The second-order valence-electron chi connectivity index (χ2n) is 6.93. The standard InChI is InChI=1S/C22H22N2OS/c1-16-15-22(2,3)23-21(26)24(16)19-11-7-10-18(14-19)20(25)13-12-17-8-5-4-6-9-17/h4-15H,1-3H3,(H,23,26)/b13-12+. The van der Waals surface area contributed by atoms with Crippen LogP contribution >= 0.6 is 12.2 Å². The quantitative estimate of drug-likeness (QED) is 0.473. The van der Waals surface area contributed by atoms with Crippen LogP contribution in [0.3, 0.4) is 0 Å². The van der Waals surface area contributed by atoms with E-state index in [1.165, 1.54) is 0 Å². The number of carbonyl (C=O) groups is 1. The summed E-state index contributed by atoms with van der Waals surface area (Å²) in [6.07, 6.45) is 5.56. The number of thiocarbonyl (C=S) groups is 1. The van der Waals surface area contributed by atoms with Gasteiger partial charge in [-0.3, -0.25) is 9.69 Å². The van der Waals surface area contributed by atoms with Crippen molar-refractivity contribution in [3.8, 4) is 0 Å². The van der Waals surface area contributed by atoms with Gasteiger partial charge in [0.2, 0.25) is 0 Å². The molecule has 1 aliphatic heterocycles. The predicted octanol–water partition coefficient (Wildman–Crippen LogP) is 4.96. The molecule has 1 N–H and O–H groups in total. The molecule has 0 saturated carbocycles. The van der Waals surface area contributed by atoms with E-state index in [-0.39, 0.29) is 11.3 Å². The van der Waals surface area contributed by atoms with Crippen molar-refractivity contribution in [3.63, 3.8) is 0 Å². The molecule has 26 heavy (non-hydrogen) atoms. The summed E-state index contributed by atoms with van der Waals surface area (Å²) in [6.45, 7) is 6.18. The van der Waals surface area contributed by atoms with Gasteiger partial charge in [-0.15, -0.1) is 0 Å². The maximum Gasteiger partial charge on any atom is 0.185 e. The van der Waals surface area contributed by atoms with E-state index in [1.807, 2.05) is 72.5 Å². The molecule has 132 valence electrons. The summed E-state index contributed by atoms with van der Waals surface area (Å²) in [4.78, 5) is 14.5. The van der Waals surface area contributed by atoms with E-state index >= 15 is 0 Å². The lowest BCUT2D eigenvalue weighted by atomic mass is 10.0. The van der Waals surface area contributed by atoms with Gasteiger partial charge in [0.1, 0.15) is 0 Å². The minimum atomic E-state index is -0.177. The first-order chi connectivity index (χ1) is 12.4. The summed E-state index contributed by atoms with van der Waals surface area (Å²) in [5, 5.41) is 3.95. The van der Waals surface area contributed by atoms with E-state index in [0.29, 0.717) is 10.7 Å². The fraction of sp³-hybridized carbons (Fsp3) is 0.182. The number of nitrogens with one attached hydrogen (secondary N) is 1. The first-order valence-corrected chi connectivity index (χ1v) is 8.96. The molecule has 2 aromatic rings. The molecule has 0 fully saturated rings. The predicted molar refractivity (Wildman–Crippen MR) is 112 cm³/mol. The molecule has 0 unspecified atom stereocenters. The van der Waals surface area contributed by atoms with E-state index in [0.717, 1.165) is 16.9 Å². The van der Waals surface area contributed by atoms with Gasteiger partial charge in [-0.25, -0.2) is 0 Å². The van der Waals surface area contributed by atoms with E-state index in [2.05, 4.69) is 25.2 Å². The summed E-state index contributed by atoms with van der Waals surface area (Å²) >= 11 is 5.53. The Hall–Kier alpha value is -2.72. The third-order valence-electron chi connectivity index (χ3n) is 4.17. The number of hydrogen-bond donors (Lipinski definition) is 1. The molecule has 0 radical (unpaired) electrons. The van der Waals surface area contributed by atoms with Crippen LogP contribution in [0.5, 0.6) is 0 Å². The molecule has 2 aromatic carbocycles. The maximum atomic E-state index is 12.6. The normalized spacial score (nSPS) is 16.3. The van der Waals surface area contributed by atoms with Gasteiger partial charge in [-0.05, 0) is 62.8 Å². The Labute approximate surface area is 160 Å². The summed E-state index contributed by atoms with van der Waals surface area (Å²) in [5.74, 6) is -0.0337. The highest BCUT2D eigenvalue weighted by Crippen LogP contribution is 2.26. The summed E-state index contributed by atoms with van der Waals surface area (Å²) < 4.78 is 0. The van der Waals surface area contributed by atoms with Crippen LogP contribution in [-0.4, -0.2) is 16.4 Å². The number of hydrogen-bond acceptors (Lipinski definition) is 2. The Morgan fingerprint density at radius 2 is 1.85 bits per heavy atom. The lowest BCUT2D eigenvalue weighted by Crippen LogP contribution is -2.53. The van der Waals surface area contributed by atoms with Crippen LogP contribution in [0.1, 0.15) is 36.7 Å². The van der Waals surface area contributed by atoms with E-state index in [9.17, 15) is 4.79 Å². The number of rotatable bonds is 4. The number of ketones is 1. The zero-order chi connectivity index (χ0) is 18.7. The van der Waals surface area contributed by atoms with Gasteiger partial charge < -0.3 is 5.32 Å². The van der Waals surface area contributed by atoms with Crippen molar-refractivity contribution in [2.24, 2.45) is 0 Å². The van der Waals surface area contributed by atoms with Gasteiger partial charge in [0.25, 0.3) is 0 Å². The van der Waals surface area contributed by atoms with Crippen molar-refractivity contribution >= 4 is 34.9 Å². The molecule has 4 heteroatoms. The van der Waals surface area contributed by atoms with E-state index in [4.69, 9.17) is 12.2 Å². The highest BCUT2D eigenvalue weighted by atomic mass is 32.1. The second kappa shape index (κ2) is 7.26. The molecule has 1 heterocycles. The van der Waals surface area contributed by atoms with Gasteiger partial charge in [0.05, 0.1) is 5.54 Å². The first kappa shape index (κ1) is 18.1. The largest absolute Gasteiger partial charge is 0.354 e. The second-order valence-corrected chi connectivity index (χ2v) is 7.32. The van der Waals surface area contributed by atoms with Gasteiger partial charge in [-0.1, -0.05) is 48.5 Å². The molecule has 0 amide bonds. The molecule has 0 bridgehead atoms. The monoisotopic (exact) mass is 362 g/mol. The van der Waals surface area contributed by atoms with Crippen molar-refractivity contribution in [2.45, 2.75) is 26.3 Å². The maximum absolute atomic E-state index is 12.6. The number of nitrogens with zero attached hydrogens (tertiary/aromatic N) is 1. The smallest absolute Gasteiger partial charge is 0.185 e. The zero-order valence-electron chi connectivity index (χ0n) is 15.2. The number of allylic oxidation sites excluding steroid dienone is 2. The molecule has 0 spiro atoms. The zero-order valence-corrected chi connectivity index (χ0v) is 16.0. The fourth-order valence-electron chi connectivity index (χ4n) is 3.07. The highest BCUT2D eigenvalue weighted by Gasteiger charge is 2.27. The molecular formula is C22H22N2OS. The minimum Gasteiger partial charge on any atom is -0.354 e. The van der Waals surface area contributed by atoms with Crippen LogP contribution in [0.25, 0.3) is 6.08 Å². The Kier molecular flexibility index (Phi) is 5.05. The van der Waals surface area contributed by atoms with Gasteiger partial charge >= 0.3 is 0 Å². The topological polar surface area (TPSA) is 32.3 Å². The van der Waals surface area contributed by atoms with Crippen molar-refractivity contribution < 1.29 is 4.79 Å². The first-order valence-electron chi connectivity index (χ1n) is 8.55. The van der Waals surface area contributed by atoms with Crippen LogP contribution < -0.4 is 10.2 Å². The molecule has 3 nitrogen and oxygen atoms in total. The molecule has 1 aliphatic rings. The van der Waals surface area contributed by atoms with Crippen LogP contribution in [0.15, 0.2) is 72.4 Å². The van der Waals surface area contributed by atoms with Crippen molar-refractivity contribution in [3.05, 3.63) is 83.6 Å². The average Bonchev–Trinajstić information content (AvgIpc) is 2.59. The van der Waals surface area contributed by atoms with Crippen LogP contribution in [0.2, 0.25) is 0 Å². The Morgan fingerprint density at radius 1 is 1.12 bits per heavy atom. The summed E-state index contributed by atoms with van der Waals surface area (Å²) in [6, 6.07) is 17.3. The highest BCUT2D eigenvalue weighted by molar-refractivity contribution is 7.80. The average molecular weight is 362 g/mol. The number of carbonyl (C=O) groups excluding carboxylic acids is 1. The number of benzene rings is 2. The molecule has 0 aliphatic carbocycles. The van der Waals surface area contributed by atoms with E-state index < -0.39 is 0 Å². The molecule has 0 saturated heterocycles. The lowest BCUT2D eigenvalue weighted by molar-refractivity contribution is 0.104.